The molecule has 9 heteroatoms. The first kappa shape index (κ1) is 25.5. The van der Waals surface area contributed by atoms with Crippen LogP contribution in [0.15, 0.2) is 24.3 Å². The van der Waals surface area contributed by atoms with Crippen molar-refractivity contribution in [3.05, 3.63) is 24.3 Å². The number of carbonyl (C=O) groups excluding carboxylic acids is 2. The van der Waals surface area contributed by atoms with Gasteiger partial charge in [-0.05, 0) is 13.8 Å². The van der Waals surface area contributed by atoms with Crippen LogP contribution in [-0.2, 0) is 24.4 Å². The fourth-order valence-electron chi connectivity index (χ4n) is 1.27. The first-order valence-corrected chi connectivity index (χ1v) is 9.24. The van der Waals surface area contributed by atoms with Crippen LogP contribution in [0.2, 0.25) is 0 Å². The molecule has 1 N–H and O–H groups in total. The molecule has 0 heterocycles. The molecule has 0 aromatic heterocycles. The SMILES string of the molecule is C=C(C)C(=O)NCCC[N+](C)(C)C.C=C(C)C(=O)OCCS(=O)(=O)[O-]. The van der Waals surface area contributed by atoms with Crippen LogP contribution in [0.3, 0.4) is 0 Å². The molecular formula is C16H30N2O6S. The lowest BCUT2D eigenvalue weighted by atomic mass is 10.3. The summed E-state index contributed by atoms with van der Waals surface area (Å²) in [7, 11) is 2.12. The number of hydrogen-bond acceptors (Lipinski definition) is 6. The lowest BCUT2D eigenvalue weighted by Gasteiger charge is -2.23. The van der Waals surface area contributed by atoms with E-state index in [1.165, 1.54) is 6.92 Å². The van der Waals surface area contributed by atoms with Gasteiger partial charge in [0.05, 0.1) is 43.6 Å². The molecule has 0 saturated heterocycles. The molecule has 146 valence electrons. The first-order valence-electron chi connectivity index (χ1n) is 7.66. The topological polar surface area (TPSA) is 113 Å². The number of ether oxygens (including phenoxy) is 1. The van der Waals surface area contributed by atoms with Gasteiger partial charge in [0.15, 0.2) is 0 Å². The summed E-state index contributed by atoms with van der Waals surface area (Å²) >= 11 is 0. The fourth-order valence-corrected chi connectivity index (χ4v) is 1.55. The van der Waals surface area contributed by atoms with Gasteiger partial charge in [0, 0.05) is 24.1 Å². The third-order valence-corrected chi connectivity index (χ3v) is 3.26. The van der Waals surface area contributed by atoms with E-state index in [2.05, 4.69) is 44.4 Å². The number of esters is 1. The van der Waals surface area contributed by atoms with Crippen molar-refractivity contribution in [2.75, 3.05) is 46.6 Å². The molecule has 0 aliphatic carbocycles. The molecule has 0 aliphatic heterocycles. The number of quaternary nitrogens is 1. The van der Waals surface area contributed by atoms with Crippen molar-refractivity contribution in [1.82, 2.24) is 5.32 Å². The molecule has 0 atom stereocenters. The van der Waals surface area contributed by atoms with Crippen molar-refractivity contribution in [2.24, 2.45) is 0 Å². The lowest BCUT2D eigenvalue weighted by Crippen LogP contribution is -2.37. The Morgan fingerprint density at radius 1 is 1.12 bits per heavy atom. The third kappa shape index (κ3) is 20.2. The molecule has 8 nitrogen and oxygen atoms in total. The van der Waals surface area contributed by atoms with Crippen LogP contribution in [-0.4, -0.2) is 75.9 Å². The highest BCUT2D eigenvalue weighted by atomic mass is 32.2. The Kier molecular flexibility index (Phi) is 12.0. The maximum absolute atomic E-state index is 11.1. The summed E-state index contributed by atoms with van der Waals surface area (Å²) in [5, 5.41) is 2.81. The van der Waals surface area contributed by atoms with Crippen molar-refractivity contribution in [2.45, 2.75) is 20.3 Å². The average Bonchev–Trinajstić information content (AvgIpc) is 2.41. The van der Waals surface area contributed by atoms with Crippen molar-refractivity contribution in [1.29, 1.82) is 0 Å². The van der Waals surface area contributed by atoms with Crippen molar-refractivity contribution < 1.29 is 31.8 Å². The number of nitrogens with one attached hydrogen (secondary N) is 1. The highest BCUT2D eigenvalue weighted by Gasteiger charge is 2.06. The minimum Gasteiger partial charge on any atom is -0.748 e. The Morgan fingerprint density at radius 3 is 2.00 bits per heavy atom. The van der Waals surface area contributed by atoms with E-state index in [0.717, 1.165) is 24.0 Å². The van der Waals surface area contributed by atoms with Gasteiger partial charge in [-0.3, -0.25) is 4.79 Å². The fraction of sp³-hybridized carbons (Fsp3) is 0.625. The van der Waals surface area contributed by atoms with Gasteiger partial charge in [0.25, 0.3) is 0 Å². The molecule has 0 rings (SSSR count). The zero-order valence-electron chi connectivity index (χ0n) is 15.8. The van der Waals surface area contributed by atoms with Crippen LogP contribution in [0.4, 0.5) is 0 Å². The van der Waals surface area contributed by atoms with E-state index in [1.54, 1.807) is 6.92 Å². The number of nitrogens with zero attached hydrogens (tertiary/aromatic N) is 1. The van der Waals surface area contributed by atoms with Gasteiger partial charge in [-0.25, -0.2) is 13.2 Å². The van der Waals surface area contributed by atoms with Crippen LogP contribution < -0.4 is 5.32 Å². The molecule has 0 fully saturated rings. The van der Waals surface area contributed by atoms with E-state index in [-0.39, 0.29) is 11.5 Å². The maximum atomic E-state index is 11.1. The molecule has 0 unspecified atom stereocenters. The quantitative estimate of drug-likeness (QED) is 0.205. The van der Waals surface area contributed by atoms with E-state index >= 15 is 0 Å². The van der Waals surface area contributed by atoms with Crippen LogP contribution in [0.5, 0.6) is 0 Å². The molecule has 0 bridgehead atoms. The molecule has 0 saturated carbocycles. The van der Waals surface area contributed by atoms with Crippen LogP contribution >= 0.6 is 0 Å². The summed E-state index contributed by atoms with van der Waals surface area (Å²) in [6, 6.07) is 0. The lowest BCUT2D eigenvalue weighted by molar-refractivity contribution is -0.870. The number of carbonyl (C=O) groups is 2. The summed E-state index contributed by atoms with van der Waals surface area (Å²) in [4.78, 5) is 21.7. The van der Waals surface area contributed by atoms with Gasteiger partial charge in [-0.15, -0.1) is 0 Å². The zero-order valence-corrected chi connectivity index (χ0v) is 16.6. The Morgan fingerprint density at radius 2 is 1.64 bits per heavy atom. The van der Waals surface area contributed by atoms with Crippen molar-refractivity contribution >= 4 is 22.0 Å². The second kappa shape index (κ2) is 11.8. The molecule has 0 aromatic carbocycles. The van der Waals surface area contributed by atoms with E-state index in [4.69, 9.17) is 0 Å². The Balaban J connectivity index is 0. The van der Waals surface area contributed by atoms with E-state index < -0.39 is 28.4 Å². The van der Waals surface area contributed by atoms with Gasteiger partial charge in [0.2, 0.25) is 5.91 Å². The molecule has 0 spiro atoms. The second-order valence-electron chi connectivity index (χ2n) is 6.58. The monoisotopic (exact) mass is 378 g/mol. The Bertz CT molecular complexity index is 576. The Hall–Kier alpha value is -1.71. The van der Waals surface area contributed by atoms with Crippen LogP contribution in [0, 0.1) is 0 Å². The molecule has 0 aromatic rings. The summed E-state index contributed by atoms with van der Waals surface area (Å²) in [5.74, 6) is -1.44. The van der Waals surface area contributed by atoms with Gasteiger partial charge in [-0.1, -0.05) is 13.2 Å². The van der Waals surface area contributed by atoms with E-state index in [1.807, 2.05) is 0 Å². The maximum Gasteiger partial charge on any atom is 0.333 e. The standard InChI is InChI=1S/C10H20N2O.C6H10O5S/c1-9(2)10(13)11-7-6-8-12(3,4)5;1-5(2)6(7)11-3-4-12(8,9)10/h1,6-8H2,2-5H3;1,3-4H2,2H3,(H,8,9,10). The van der Waals surface area contributed by atoms with Crippen LogP contribution in [0.1, 0.15) is 20.3 Å². The summed E-state index contributed by atoms with van der Waals surface area (Å²) in [6.45, 7) is 11.4. The molecule has 25 heavy (non-hydrogen) atoms. The number of hydrogen-bond donors (Lipinski definition) is 1. The predicted octanol–water partition coefficient (Wildman–Crippen LogP) is 0.426. The molecular weight excluding hydrogens is 348 g/mol. The van der Waals surface area contributed by atoms with Gasteiger partial charge >= 0.3 is 5.97 Å². The highest BCUT2D eigenvalue weighted by molar-refractivity contribution is 7.85. The summed E-state index contributed by atoms with van der Waals surface area (Å²) in [5.41, 5.74) is 0.739. The van der Waals surface area contributed by atoms with E-state index in [9.17, 15) is 22.6 Å². The van der Waals surface area contributed by atoms with Gasteiger partial charge in [0.1, 0.15) is 6.61 Å². The van der Waals surface area contributed by atoms with Gasteiger partial charge in [-0.2, -0.15) is 0 Å². The summed E-state index contributed by atoms with van der Waals surface area (Å²) in [6.07, 6.45) is 1.00. The minimum atomic E-state index is -4.30. The molecule has 1 amide bonds. The highest BCUT2D eigenvalue weighted by Crippen LogP contribution is 1.93. The van der Waals surface area contributed by atoms with Crippen molar-refractivity contribution in [3.63, 3.8) is 0 Å². The largest absolute Gasteiger partial charge is 0.748 e. The third-order valence-electron chi connectivity index (χ3n) is 2.59. The minimum absolute atomic E-state index is 0.0404. The normalized spacial score (nSPS) is 11.0. The number of rotatable bonds is 9. The first-order chi connectivity index (χ1) is 11.2. The van der Waals surface area contributed by atoms with Crippen molar-refractivity contribution in [3.8, 4) is 0 Å². The average molecular weight is 378 g/mol. The summed E-state index contributed by atoms with van der Waals surface area (Å²) < 4.78 is 35.3. The predicted molar refractivity (Wildman–Crippen MR) is 95.7 cm³/mol. The second-order valence-corrected chi connectivity index (χ2v) is 8.11. The van der Waals surface area contributed by atoms with Gasteiger partial charge < -0.3 is 19.1 Å². The van der Waals surface area contributed by atoms with E-state index in [0.29, 0.717) is 5.57 Å². The smallest absolute Gasteiger partial charge is 0.333 e. The molecule has 0 radical (unpaired) electrons. The van der Waals surface area contributed by atoms with Crippen LogP contribution in [0.25, 0.3) is 0 Å². The zero-order chi connectivity index (χ0) is 20.3. The Labute approximate surface area is 150 Å². The number of amides is 1. The molecule has 0 aliphatic rings.